The maximum atomic E-state index is 13.1. The number of fused-ring (bicyclic) bond motifs is 1. The largest absolute Gasteiger partial charge is 0.378 e. The third kappa shape index (κ3) is 4.79. The van der Waals surface area contributed by atoms with Gasteiger partial charge in [-0.2, -0.15) is 0 Å². The van der Waals surface area contributed by atoms with Crippen LogP contribution in [0.1, 0.15) is 11.1 Å². The molecule has 174 valence electrons. The first-order valence-electron chi connectivity index (χ1n) is 11.2. The van der Waals surface area contributed by atoms with Crippen molar-refractivity contribution >= 4 is 26.7 Å². The number of nitrogens with one attached hydrogen (secondary N) is 1. The van der Waals surface area contributed by atoms with E-state index in [9.17, 15) is 8.42 Å². The number of hydrogen-bond acceptors (Lipinski definition) is 6. The first kappa shape index (κ1) is 22.5. The van der Waals surface area contributed by atoms with Crippen molar-refractivity contribution in [1.82, 2.24) is 14.7 Å². The Hall–Kier alpha value is -3.33. The molecule has 1 aliphatic heterocycles. The monoisotopic (exact) mass is 474 g/mol. The lowest BCUT2D eigenvalue weighted by atomic mass is 10.1. The molecule has 7 nitrogen and oxygen atoms in total. The van der Waals surface area contributed by atoms with Crippen LogP contribution in [0.3, 0.4) is 0 Å². The van der Waals surface area contributed by atoms with Crippen molar-refractivity contribution in [1.29, 1.82) is 0 Å². The number of pyridine rings is 2. The van der Waals surface area contributed by atoms with E-state index in [1.54, 1.807) is 18.3 Å². The summed E-state index contributed by atoms with van der Waals surface area (Å²) in [6, 6.07) is 20.6. The van der Waals surface area contributed by atoms with E-state index < -0.39 is 10.0 Å². The van der Waals surface area contributed by atoms with Gasteiger partial charge in [-0.25, -0.2) is 18.1 Å². The topological polar surface area (TPSA) is 84.4 Å². The number of ether oxygens (including phenoxy) is 1. The number of benzene rings is 2. The van der Waals surface area contributed by atoms with Gasteiger partial charge in [0.1, 0.15) is 5.52 Å². The van der Waals surface area contributed by atoms with Crippen molar-refractivity contribution in [3.63, 3.8) is 0 Å². The van der Waals surface area contributed by atoms with Crippen LogP contribution in [-0.2, 0) is 21.3 Å². The molecule has 1 N–H and O–H groups in total. The fourth-order valence-electron chi connectivity index (χ4n) is 4.14. The normalized spacial score (nSPS) is 14.4. The van der Waals surface area contributed by atoms with Gasteiger partial charge in [0.2, 0.25) is 10.0 Å². The van der Waals surface area contributed by atoms with Gasteiger partial charge in [0.15, 0.2) is 0 Å². The highest BCUT2D eigenvalue weighted by Gasteiger charge is 2.18. The minimum Gasteiger partial charge on any atom is -0.378 e. The van der Waals surface area contributed by atoms with Gasteiger partial charge in [-0.05, 0) is 54.4 Å². The Bertz CT molecular complexity index is 1420. The summed E-state index contributed by atoms with van der Waals surface area (Å²) in [6.45, 7) is 5.07. The summed E-state index contributed by atoms with van der Waals surface area (Å²) in [5, 5.41) is 0. The standard InChI is InChI=1S/C26H26N4O3S/c1-19-15-21(17-22(16-19)34(31,32)28-18-20-5-3-2-4-6-20)23-7-8-24-26(29-23)25(9-10-27-24)30-11-13-33-14-12-30/h2-10,15-17,28H,11-14,18H2,1H3. The van der Waals surface area contributed by atoms with E-state index in [2.05, 4.69) is 14.6 Å². The van der Waals surface area contributed by atoms with Gasteiger partial charge in [-0.3, -0.25) is 4.98 Å². The highest BCUT2D eigenvalue weighted by molar-refractivity contribution is 7.89. The zero-order valence-electron chi connectivity index (χ0n) is 18.9. The molecule has 8 heteroatoms. The van der Waals surface area contributed by atoms with Gasteiger partial charge in [-0.1, -0.05) is 30.3 Å². The Morgan fingerprint density at radius 3 is 2.59 bits per heavy atom. The summed E-state index contributed by atoms with van der Waals surface area (Å²) in [7, 11) is -3.69. The molecule has 0 unspecified atom stereocenters. The van der Waals surface area contributed by atoms with E-state index in [4.69, 9.17) is 9.72 Å². The Labute approximate surface area is 199 Å². The molecule has 0 atom stereocenters. The first-order chi connectivity index (χ1) is 16.5. The molecule has 0 aliphatic carbocycles. The maximum absolute atomic E-state index is 13.1. The Balaban J connectivity index is 1.49. The third-order valence-corrected chi connectivity index (χ3v) is 7.26. The predicted molar refractivity (Wildman–Crippen MR) is 133 cm³/mol. The van der Waals surface area contributed by atoms with Crippen LogP contribution in [0.5, 0.6) is 0 Å². The second-order valence-corrected chi connectivity index (χ2v) is 10.1. The number of morpholine rings is 1. The van der Waals surface area contributed by atoms with E-state index in [1.807, 2.05) is 61.5 Å². The molecule has 2 aromatic carbocycles. The van der Waals surface area contributed by atoms with E-state index in [0.29, 0.717) is 18.9 Å². The average Bonchev–Trinajstić information content (AvgIpc) is 2.87. The van der Waals surface area contributed by atoms with Crippen LogP contribution < -0.4 is 9.62 Å². The molecule has 3 heterocycles. The summed E-state index contributed by atoms with van der Waals surface area (Å²) in [5.41, 5.74) is 5.82. The number of anilines is 1. The smallest absolute Gasteiger partial charge is 0.240 e. The van der Waals surface area contributed by atoms with Crippen LogP contribution in [0.25, 0.3) is 22.3 Å². The van der Waals surface area contributed by atoms with Crippen molar-refractivity contribution in [3.05, 3.63) is 84.1 Å². The minimum atomic E-state index is -3.69. The van der Waals surface area contributed by atoms with E-state index in [1.165, 1.54) is 0 Å². The number of sulfonamides is 1. The molecule has 2 aromatic heterocycles. The molecule has 1 aliphatic rings. The summed E-state index contributed by atoms with van der Waals surface area (Å²) >= 11 is 0. The molecular formula is C26H26N4O3S. The van der Waals surface area contributed by atoms with Crippen LogP contribution in [-0.4, -0.2) is 44.7 Å². The molecule has 0 bridgehead atoms. The molecule has 0 saturated carbocycles. The van der Waals surface area contributed by atoms with Crippen molar-refractivity contribution in [2.24, 2.45) is 0 Å². The molecule has 5 rings (SSSR count). The summed E-state index contributed by atoms with van der Waals surface area (Å²) in [6.07, 6.45) is 1.80. The second-order valence-electron chi connectivity index (χ2n) is 8.34. The molecule has 0 spiro atoms. The number of aromatic nitrogens is 2. The fourth-order valence-corrected chi connectivity index (χ4v) is 5.29. The Morgan fingerprint density at radius 2 is 1.79 bits per heavy atom. The highest BCUT2D eigenvalue weighted by Crippen LogP contribution is 2.29. The SMILES string of the molecule is Cc1cc(-c2ccc3nccc(N4CCOCC4)c3n2)cc(S(=O)(=O)NCc2ccccc2)c1. The lowest BCUT2D eigenvalue weighted by Gasteiger charge is -2.29. The van der Waals surface area contributed by atoms with Gasteiger partial charge in [0.05, 0.1) is 35.0 Å². The van der Waals surface area contributed by atoms with Gasteiger partial charge in [0.25, 0.3) is 0 Å². The van der Waals surface area contributed by atoms with Crippen LogP contribution in [0, 0.1) is 6.92 Å². The Kier molecular flexibility index (Phi) is 6.28. The van der Waals surface area contributed by atoms with Crippen LogP contribution in [0.2, 0.25) is 0 Å². The van der Waals surface area contributed by atoms with Gasteiger partial charge < -0.3 is 9.64 Å². The molecular weight excluding hydrogens is 448 g/mol. The number of hydrogen-bond donors (Lipinski definition) is 1. The lowest BCUT2D eigenvalue weighted by Crippen LogP contribution is -2.36. The quantitative estimate of drug-likeness (QED) is 0.456. The molecule has 0 amide bonds. The molecule has 0 radical (unpaired) electrons. The minimum absolute atomic E-state index is 0.222. The number of nitrogens with zero attached hydrogens (tertiary/aromatic N) is 3. The molecule has 1 fully saturated rings. The molecule has 1 saturated heterocycles. The Morgan fingerprint density at radius 1 is 1.00 bits per heavy atom. The fraction of sp³-hybridized carbons (Fsp3) is 0.231. The van der Waals surface area contributed by atoms with Crippen molar-refractivity contribution in [3.8, 4) is 11.3 Å². The average molecular weight is 475 g/mol. The summed E-state index contributed by atoms with van der Waals surface area (Å²) in [4.78, 5) is 11.9. The van der Waals surface area contributed by atoms with Gasteiger partial charge in [0, 0.05) is 31.4 Å². The van der Waals surface area contributed by atoms with E-state index in [0.717, 1.165) is 46.5 Å². The zero-order valence-corrected chi connectivity index (χ0v) is 19.8. The van der Waals surface area contributed by atoms with Crippen LogP contribution in [0.4, 0.5) is 5.69 Å². The zero-order chi connectivity index (χ0) is 23.5. The summed E-state index contributed by atoms with van der Waals surface area (Å²) in [5.74, 6) is 0. The summed E-state index contributed by atoms with van der Waals surface area (Å²) < 4.78 is 34.3. The van der Waals surface area contributed by atoms with E-state index >= 15 is 0 Å². The first-order valence-corrected chi connectivity index (χ1v) is 12.7. The molecule has 4 aromatic rings. The molecule has 34 heavy (non-hydrogen) atoms. The van der Waals surface area contributed by atoms with Gasteiger partial charge in [-0.15, -0.1) is 0 Å². The lowest BCUT2D eigenvalue weighted by molar-refractivity contribution is 0.123. The van der Waals surface area contributed by atoms with Crippen LogP contribution in [0.15, 0.2) is 77.8 Å². The number of rotatable bonds is 6. The highest BCUT2D eigenvalue weighted by atomic mass is 32.2. The second kappa shape index (κ2) is 9.50. The maximum Gasteiger partial charge on any atom is 0.240 e. The third-order valence-electron chi connectivity index (χ3n) is 5.88. The van der Waals surface area contributed by atoms with Crippen molar-refractivity contribution in [2.75, 3.05) is 31.2 Å². The van der Waals surface area contributed by atoms with Gasteiger partial charge >= 0.3 is 0 Å². The van der Waals surface area contributed by atoms with Crippen molar-refractivity contribution < 1.29 is 13.2 Å². The van der Waals surface area contributed by atoms with Crippen LogP contribution >= 0.6 is 0 Å². The van der Waals surface area contributed by atoms with E-state index in [-0.39, 0.29) is 11.4 Å². The van der Waals surface area contributed by atoms with Crippen molar-refractivity contribution in [2.45, 2.75) is 18.4 Å². The number of aryl methyl sites for hydroxylation is 1. The predicted octanol–water partition coefficient (Wildman–Crippen LogP) is 3.92.